The summed E-state index contributed by atoms with van der Waals surface area (Å²) in [4.78, 5) is 11.0. The third-order valence-electron chi connectivity index (χ3n) is 3.01. The molecule has 2 heterocycles. The summed E-state index contributed by atoms with van der Waals surface area (Å²) in [6.45, 7) is 2.80. The van der Waals surface area contributed by atoms with Crippen molar-refractivity contribution >= 4 is 35.7 Å². The molecule has 0 aromatic heterocycles. The van der Waals surface area contributed by atoms with Crippen molar-refractivity contribution in [2.24, 2.45) is 9.98 Å². The van der Waals surface area contributed by atoms with Gasteiger partial charge in [0.15, 0.2) is 0 Å². The molecule has 2 aliphatic rings. The molecule has 94 valence electrons. The maximum atomic E-state index is 5.94. The SMILES string of the molecule is CC1=NC(Cl)=CC2=NC(c3ccccc3)CN12.Cl. The zero-order valence-corrected chi connectivity index (χ0v) is 11.4. The summed E-state index contributed by atoms with van der Waals surface area (Å²) in [6.07, 6.45) is 1.82. The fraction of sp³-hybridized carbons (Fsp3) is 0.231. The second kappa shape index (κ2) is 5.12. The first-order valence-corrected chi connectivity index (χ1v) is 5.94. The minimum absolute atomic E-state index is 0. The van der Waals surface area contributed by atoms with E-state index in [1.807, 2.05) is 31.2 Å². The Bertz CT molecular complexity index is 534. The largest absolute Gasteiger partial charge is 0.312 e. The van der Waals surface area contributed by atoms with E-state index in [4.69, 9.17) is 11.6 Å². The van der Waals surface area contributed by atoms with Crippen molar-refractivity contribution in [1.82, 2.24) is 4.90 Å². The topological polar surface area (TPSA) is 28.0 Å². The van der Waals surface area contributed by atoms with Crippen LogP contribution in [0.1, 0.15) is 18.5 Å². The van der Waals surface area contributed by atoms with Crippen molar-refractivity contribution in [1.29, 1.82) is 0 Å². The molecule has 0 saturated carbocycles. The minimum Gasteiger partial charge on any atom is -0.312 e. The summed E-state index contributed by atoms with van der Waals surface area (Å²) in [5, 5.41) is 0.506. The average Bonchev–Trinajstić information content (AvgIpc) is 2.74. The third kappa shape index (κ3) is 2.28. The van der Waals surface area contributed by atoms with Crippen molar-refractivity contribution in [2.45, 2.75) is 13.0 Å². The lowest BCUT2D eigenvalue weighted by Crippen LogP contribution is -2.33. The van der Waals surface area contributed by atoms with Crippen LogP contribution in [-0.4, -0.2) is 23.1 Å². The molecule has 0 aliphatic carbocycles. The summed E-state index contributed by atoms with van der Waals surface area (Å²) >= 11 is 5.94. The zero-order valence-electron chi connectivity index (χ0n) is 9.88. The Kier molecular flexibility index (Phi) is 3.73. The Morgan fingerprint density at radius 3 is 2.72 bits per heavy atom. The van der Waals surface area contributed by atoms with E-state index in [2.05, 4.69) is 27.0 Å². The van der Waals surface area contributed by atoms with Crippen LogP contribution >= 0.6 is 24.0 Å². The second-order valence-corrected chi connectivity index (χ2v) is 4.54. The van der Waals surface area contributed by atoms with Crippen LogP contribution in [0.4, 0.5) is 0 Å². The molecule has 5 heteroatoms. The van der Waals surface area contributed by atoms with Gasteiger partial charge in [0.2, 0.25) is 0 Å². The molecule has 0 N–H and O–H groups in total. The number of nitrogens with zero attached hydrogens (tertiary/aromatic N) is 3. The van der Waals surface area contributed by atoms with E-state index in [1.165, 1.54) is 5.56 Å². The van der Waals surface area contributed by atoms with E-state index < -0.39 is 0 Å². The van der Waals surface area contributed by atoms with Crippen LogP contribution in [0.25, 0.3) is 0 Å². The molecule has 0 saturated heterocycles. The van der Waals surface area contributed by atoms with E-state index in [0.717, 1.165) is 18.2 Å². The molecular weight excluding hydrogens is 269 g/mol. The van der Waals surface area contributed by atoms with E-state index in [1.54, 1.807) is 0 Å². The van der Waals surface area contributed by atoms with Gasteiger partial charge in [-0.05, 0) is 12.5 Å². The van der Waals surface area contributed by atoms with Crippen molar-refractivity contribution in [3.05, 3.63) is 47.1 Å². The van der Waals surface area contributed by atoms with Crippen molar-refractivity contribution in [3.8, 4) is 0 Å². The van der Waals surface area contributed by atoms with Gasteiger partial charge in [0.05, 0.1) is 12.6 Å². The van der Waals surface area contributed by atoms with Gasteiger partial charge in [0.1, 0.15) is 16.8 Å². The van der Waals surface area contributed by atoms with Gasteiger partial charge in [0, 0.05) is 6.08 Å². The van der Waals surface area contributed by atoms with Gasteiger partial charge < -0.3 is 4.90 Å². The molecule has 1 aromatic carbocycles. The van der Waals surface area contributed by atoms with Crippen LogP contribution in [0.2, 0.25) is 0 Å². The van der Waals surface area contributed by atoms with Gasteiger partial charge in [-0.3, -0.25) is 4.99 Å². The quantitative estimate of drug-likeness (QED) is 0.726. The van der Waals surface area contributed by atoms with Gasteiger partial charge in [-0.2, -0.15) is 0 Å². The van der Waals surface area contributed by atoms with Crippen LogP contribution in [0.15, 0.2) is 51.5 Å². The van der Waals surface area contributed by atoms with Crippen LogP contribution in [-0.2, 0) is 0 Å². The Morgan fingerprint density at radius 2 is 2.00 bits per heavy atom. The smallest absolute Gasteiger partial charge is 0.134 e. The summed E-state index contributed by atoms with van der Waals surface area (Å²) in [5.41, 5.74) is 1.23. The fourth-order valence-corrected chi connectivity index (χ4v) is 2.38. The first-order valence-electron chi connectivity index (χ1n) is 5.57. The van der Waals surface area contributed by atoms with Crippen molar-refractivity contribution < 1.29 is 0 Å². The van der Waals surface area contributed by atoms with E-state index in [9.17, 15) is 0 Å². The highest BCUT2D eigenvalue weighted by molar-refractivity contribution is 6.33. The lowest BCUT2D eigenvalue weighted by Gasteiger charge is -2.21. The molecule has 18 heavy (non-hydrogen) atoms. The number of fused-ring (bicyclic) bond motifs is 1. The lowest BCUT2D eigenvalue weighted by atomic mass is 10.1. The Hall–Kier alpha value is -1.32. The summed E-state index contributed by atoms with van der Waals surface area (Å²) in [5.74, 6) is 1.83. The highest BCUT2D eigenvalue weighted by Gasteiger charge is 2.28. The summed E-state index contributed by atoms with van der Waals surface area (Å²) in [6, 6.07) is 10.5. The summed E-state index contributed by atoms with van der Waals surface area (Å²) in [7, 11) is 0. The molecular formula is C13H13Cl2N3. The van der Waals surface area contributed by atoms with E-state index in [-0.39, 0.29) is 18.4 Å². The Morgan fingerprint density at radius 1 is 1.28 bits per heavy atom. The number of benzene rings is 1. The maximum Gasteiger partial charge on any atom is 0.134 e. The number of aliphatic imine (C=N–C) groups is 2. The van der Waals surface area contributed by atoms with Crippen LogP contribution < -0.4 is 0 Å². The molecule has 3 nitrogen and oxygen atoms in total. The van der Waals surface area contributed by atoms with Gasteiger partial charge in [-0.25, -0.2) is 4.99 Å². The van der Waals surface area contributed by atoms with Crippen LogP contribution in [0.5, 0.6) is 0 Å². The lowest BCUT2D eigenvalue weighted by molar-refractivity contribution is 0.586. The highest BCUT2D eigenvalue weighted by Crippen LogP contribution is 2.28. The predicted molar refractivity (Wildman–Crippen MR) is 77.6 cm³/mol. The Balaban J connectivity index is 0.00000120. The zero-order chi connectivity index (χ0) is 11.8. The van der Waals surface area contributed by atoms with Gasteiger partial charge >= 0.3 is 0 Å². The average molecular weight is 282 g/mol. The van der Waals surface area contributed by atoms with Crippen molar-refractivity contribution in [3.63, 3.8) is 0 Å². The minimum atomic E-state index is 0. The third-order valence-corrected chi connectivity index (χ3v) is 3.21. The molecule has 1 aromatic rings. The van der Waals surface area contributed by atoms with Gasteiger partial charge in [-0.1, -0.05) is 41.9 Å². The molecule has 0 radical (unpaired) electrons. The van der Waals surface area contributed by atoms with Crippen LogP contribution in [0.3, 0.4) is 0 Å². The fourth-order valence-electron chi connectivity index (χ4n) is 2.16. The first kappa shape index (κ1) is 13.1. The van der Waals surface area contributed by atoms with E-state index in [0.29, 0.717) is 5.16 Å². The molecule has 0 fully saturated rings. The normalized spacial score (nSPS) is 21.6. The van der Waals surface area contributed by atoms with Gasteiger partial charge in [-0.15, -0.1) is 12.4 Å². The molecule has 0 amide bonds. The molecule has 2 aliphatic heterocycles. The number of amidine groups is 2. The molecule has 0 bridgehead atoms. The molecule has 1 atom stereocenters. The highest BCUT2D eigenvalue weighted by atomic mass is 35.5. The van der Waals surface area contributed by atoms with Crippen LogP contribution in [0, 0.1) is 0 Å². The molecule has 1 unspecified atom stereocenters. The van der Waals surface area contributed by atoms with Crippen molar-refractivity contribution in [2.75, 3.05) is 6.54 Å². The summed E-state index contributed by atoms with van der Waals surface area (Å²) < 4.78 is 0. The Labute approximate surface area is 117 Å². The van der Waals surface area contributed by atoms with Gasteiger partial charge in [0.25, 0.3) is 0 Å². The molecule has 0 spiro atoms. The first-order chi connectivity index (χ1) is 8.24. The number of halogens is 2. The number of hydrogen-bond acceptors (Lipinski definition) is 3. The van der Waals surface area contributed by atoms with E-state index >= 15 is 0 Å². The standard InChI is InChI=1S/C13H12ClN3.ClH/c1-9-15-12(14)7-13-16-11(8-17(9)13)10-5-3-2-4-6-10;/h2-7,11H,8H2,1H3;1H. The predicted octanol–water partition coefficient (Wildman–Crippen LogP) is 3.38. The second-order valence-electron chi connectivity index (χ2n) is 4.15. The monoisotopic (exact) mass is 281 g/mol. The number of hydrogen-bond donors (Lipinski definition) is 0. The maximum absolute atomic E-state index is 5.94. The number of rotatable bonds is 1. The molecule has 3 rings (SSSR count).